The van der Waals surface area contributed by atoms with Crippen molar-refractivity contribution in [1.29, 1.82) is 0 Å². The quantitative estimate of drug-likeness (QED) is 0.189. The molecule has 0 bridgehead atoms. The SMILES string of the molecule is CCCCCC[C@H](NC(=O)OC(C)(C)C)C(=O)N1C[C@](O)(c2ccc(-c3ccccc3)cc2)C[C@H]1CN[C@]1(C(=O)NS(=O)(=O)C2CC2)C[C@H]1C. The van der Waals surface area contributed by atoms with E-state index in [9.17, 15) is 27.9 Å². The molecule has 1 saturated heterocycles. The summed E-state index contributed by atoms with van der Waals surface area (Å²) >= 11 is 0. The van der Waals surface area contributed by atoms with Gasteiger partial charge in [-0.1, -0.05) is 94.1 Å². The van der Waals surface area contributed by atoms with Crippen molar-refractivity contribution in [3.05, 3.63) is 60.2 Å². The third kappa shape index (κ3) is 9.05. The van der Waals surface area contributed by atoms with Crippen molar-refractivity contribution < 1.29 is 32.6 Å². The van der Waals surface area contributed by atoms with Crippen molar-refractivity contribution in [2.75, 3.05) is 13.1 Å². The van der Waals surface area contributed by atoms with Crippen LogP contribution >= 0.6 is 0 Å². The molecule has 3 fully saturated rings. The molecule has 3 amide bonds. The molecule has 2 saturated carbocycles. The van der Waals surface area contributed by atoms with Crippen LogP contribution in [0.15, 0.2) is 54.6 Å². The molecule has 11 nitrogen and oxygen atoms in total. The molecule has 274 valence electrons. The summed E-state index contributed by atoms with van der Waals surface area (Å²) < 4.78 is 33.1. The summed E-state index contributed by atoms with van der Waals surface area (Å²) in [4.78, 5) is 42.4. The van der Waals surface area contributed by atoms with Crippen molar-refractivity contribution >= 4 is 27.9 Å². The normalized spacial score (nSPS) is 25.5. The predicted octanol–water partition coefficient (Wildman–Crippen LogP) is 4.98. The summed E-state index contributed by atoms with van der Waals surface area (Å²) in [6, 6.07) is 16.1. The molecule has 2 aromatic rings. The van der Waals surface area contributed by atoms with Crippen LogP contribution in [-0.2, 0) is 30.0 Å². The van der Waals surface area contributed by atoms with Crippen LogP contribution in [0.3, 0.4) is 0 Å². The fraction of sp³-hybridized carbons (Fsp3) is 0.605. The van der Waals surface area contributed by atoms with Crippen LogP contribution in [0.25, 0.3) is 11.1 Å². The molecule has 1 heterocycles. The van der Waals surface area contributed by atoms with E-state index in [0.717, 1.165) is 36.8 Å². The number of benzene rings is 2. The Morgan fingerprint density at radius 2 is 1.62 bits per heavy atom. The van der Waals surface area contributed by atoms with Gasteiger partial charge in [-0.15, -0.1) is 0 Å². The summed E-state index contributed by atoms with van der Waals surface area (Å²) in [7, 11) is -3.74. The van der Waals surface area contributed by atoms with Gasteiger partial charge in [0, 0.05) is 19.0 Å². The molecule has 0 spiro atoms. The van der Waals surface area contributed by atoms with Gasteiger partial charge < -0.3 is 25.4 Å². The Morgan fingerprint density at radius 1 is 0.980 bits per heavy atom. The second-order valence-corrected chi connectivity index (χ2v) is 17.4. The first kappa shape index (κ1) is 37.8. The van der Waals surface area contributed by atoms with Crippen molar-refractivity contribution in [3.63, 3.8) is 0 Å². The first-order valence-corrected chi connectivity index (χ1v) is 19.6. The minimum atomic E-state index is -3.74. The number of amides is 3. The maximum absolute atomic E-state index is 14.4. The maximum Gasteiger partial charge on any atom is 0.408 e. The first-order chi connectivity index (χ1) is 23.6. The van der Waals surface area contributed by atoms with Gasteiger partial charge in [-0.2, -0.15) is 0 Å². The Kier molecular flexibility index (Phi) is 11.3. The lowest BCUT2D eigenvalue weighted by atomic mass is 9.89. The summed E-state index contributed by atoms with van der Waals surface area (Å²) in [6.45, 7) is 9.40. The van der Waals surface area contributed by atoms with Gasteiger partial charge in [-0.25, -0.2) is 13.2 Å². The molecule has 3 aliphatic rings. The minimum absolute atomic E-state index is 0.0187. The van der Waals surface area contributed by atoms with Crippen LogP contribution in [0.2, 0.25) is 0 Å². The molecule has 2 aliphatic carbocycles. The lowest BCUT2D eigenvalue weighted by Gasteiger charge is -2.31. The summed E-state index contributed by atoms with van der Waals surface area (Å²) in [6.07, 6.45) is 5.07. The first-order valence-electron chi connectivity index (χ1n) is 18.1. The highest BCUT2D eigenvalue weighted by molar-refractivity contribution is 7.91. The van der Waals surface area contributed by atoms with Gasteiger partial charge in [0.25, 0.3) is 5.91 Å². The highest BCUT2D eigenvalue weighted by Gasteiger charge is 2.59. The van der Waals surface area contributed by atoms with Gasteiger partial charge >= 0.3 is 6.09 Å². The molecular formula is C38H54N4O7S. The van der Waals surface area contributed by atoms with Crippen LogP contribution < -0.4 is 15.4 Å². The van der Waals surface area contributed by atoms with E-state index in [1.807, 2.05) is 61.5 Å². The number of carbonyl (C=O) groups excluding carboxylic acids is 3. The van der Waals surface area contributed by atoms with Gasteiger partial charge in [0.15, 0.2) is 0 Å². The van der Waals surface area contributed by atoms with E-state index in [1.165, 1.54) is 0 Å². The fourth-order valence-electron chi connectivity index (χ4n) is 6.96. The molecule has 0 aromatic heterocycles. The number of sulfonamides is 1. The fourth-order valence-corrected chi connectivity index (χ4v) is 8.32. The van der Waals surface area contributed by atoms with Crippen molar-refractivity contribution in [3.8, 4) is 11.1 Å². The zero-order chi connectivity index (χ0) is 36.3. The minimum Gasteiger partial charge on any atom is -0.444 e. The molecule has 2 aromatic carbocycles. The number of aliphatic hydroxyl groups is 1. The Morgan fingerprint density at radius 3 is 2.20 bits per heavy atom. The summed E-state index contributed by atoms with van der Waals surface area (Å²) in [5, 5.41) is 17.8. The molecule has 5 atom stereocenters. The van der Waals surface area contributed by atoms with Crippen LogP contribution in [-0.4, -0.2) is 77.9 Å². The third-order valence-corrected chi connectivity index (χ3v) is 12.0. The number of ether oxygens (including phenoxy) is 1. The monoisotopic (exact) mass is 710 g/mol. The van der Waals surface area contributed by atoms with Gasteiger partial charge in [0.05, 0.1) is 11.8 Å². The van der Waals surface area contributed by atoms with E-state index >= 15 is 0 Å². The van der Waals surface area contributed by atoms with Gasteiger partial charge in [0.1, 0.15) is 22.8 Å². The number of nitrogens with one attached hydrogen (secondary N) is 3. The molecule has 5 rings (SSSR count). The number of likely N-dealkylation sites (tertiary alicyclic amines) is 1. The third-order valence-electron chi connectivity index (χ3n) is 10.2. The van der Waals surface area contributed by atoms with E-state index in [1.54, 1.807) is 25.7 Å². The number of unbranched alkanes of at least 4 members (excludes halogenated alkanes) is 3. The zero-order valence-corrected chi connectivity index (χ0v) is 30.9. The van der Waals surface area contributed by atoms with Crippen molar-refractivity contribution in [2.45, 2.75) is 126 Å². The standard InChI is InChI=1S/C38H54N4O7S/c1-6-7-8-12-15-32(40-35(45)49-36(3,4)5)33(43)42-25-37(46,29-18-16-28(17-19-29)27-13-10-9-11-14-27)23-30(42)24-39-38(22-26(38)2)34(44)41-50(47,48)31-20-21-31/h9-11,13-14,16-19,26,30-32,39,46H,6-8,12,15,20-25H2,1-5H3,(H,40,45)(H,41,44)/t26-,30+,32+,37+,38-/m1/s1. The Hall–Kier alpha value is -3.48. The number of nitrogens with zero attached hydrogens (tertiary/aromatic N) is 1. The van der Waals surface area contributed by atoms with Gasteiger partial charge in [-0.05, 0) is 69.1 Å². The summed E-state index contributed by atoms with van der Waals surface area (Å²) in [5.74, 6) is -1.04. The van der Waals surface area contributed by atoms with E-state index in [2.05, 4.69) is 22.3 Å². The van der Waals surface area contributed by atoms with Crippen molar-refractivity contribution in [1.82, 2.24) is 20.3 Å². The predicted molar refractivity (Wildman–Crippen MR) is 192 cm³/mol. The van der Waals surface area contributed by atoms with Gasteiger partial charge in [-0.3, -0.25) is 14.3 Å². The molecule has 0 unspecified atom stereocenters. The number of rotatable bonds is 15. The highest BCUT2D eigenvalue weighted by atomic mass is 32.2. The van der Waals surface area contributed by atoms with Crippen LogP contribution in [0, 0.1) is 5.92 Å². The largest absolute Gasteiger partial charge is 0.444 e. The highest BCUT2D eigenvalue weighted by Crippen LogP contribution is 2.45. The lowest BCUT2D eigenvalue weighted by molar-refractivity contribution is -0.135. The second kappa shape index (κ2) is 15.0. The Labute approximate surface area is 297 Å². The topological polar surface area (TPSA) is 154 Å². The number of hydrogen-bond donors (Lipinski definition) is 4. The number of β-amino-alcohol motifs (C(OH)–C–C–N with tert-alkyl or cyclic N) is 1. The second-order valence-electron chi connectivity index (χ2n) is 15.5. The number of hydrogen-bond acceptors (Lipinski definition) is 8. The molecular weight excluding hydrogens is 657 g/mol. The van der Waals surface area contributed by atoms with Gasteiger partial charge in [0.2, 0.25) is 15.9 Å². The van der Waals surface area contributed by atoms with Crippen LogP contribution in [0.1, 0.15) is 98.0 Å². The van der Waals surface area contributed by atoms with Crippen molar-refractivity contribution in [2.24, 2.45) is 5.92 Å². The Bertz CT molecular complexity index is 1620. The smallest absolute Gasteiger partial charge is 0.408 e. The maximum atomic E-state index is 14.4. The number of carbonyl (C=O) groups is 3. The number of alkyl carbamates (subject to hydrolysis) is 1. The summed E-state index contributed by atoms with van der Waals surface area (Å²) in [5.41, 5.74) is -0.567. The van der Waals surface area contributed by atoms with Crippen LogP contribution in [0.4, 0.5) is 4.79 Å². The zero-order valence-electron chi connectivity index (χ0n) is 30.0. The molecule has 4 N–H and O–H groups in total. The Balaban J connectivity index is 1.39. The average molecular weight is 711 g/mol. The van der Waals surface area contributed by atoms with E-state index in [0.29, 0.717) is 31.2 Å². The molecule has 1 aliphatic heterocycles. The van der Waals surface area contributed by atoms with E-state index < -0.39 is 56.1 Å². The lowest BCUT2D eigenvalue weighted by Crippen LogP contribution is -2.56. The molecule has 50 heavy (non-hydrogen) atoms. The van der Waals surface area contributed by atoms with E-state index in [4.69, 9.17) is 4.74 Å². The van der Waals surface area contributed by atoms with Crippen LogP contribution in [0.5, 0.6) is 0 Å². The average Bonchev–Trinajstić information content (AvgIpc) is 3.99. The molecule has 0 radical (unpaired) electrons. The molecule has 12 heteroatoms. The van der Waals surface area contributed by atoms with E-state index in [-0.39, 0.29) is 31.3 Å².